The normalized spacial score (nSPS) is 11.2. The molecule has 0 aliphatic carbocycles. The topological polar surface area (TPSA) is 47.1 Å². The Balaban J connectivity index is 1.78. The summed E-state index contributed by atoms with van der Waals surface area (Å²) in [5, 5.41) is 0. The van der Waals surface area contributed by atoms with Gasteiger partial charge >= 0.3 is 0 Å². The Morgan fingerprint density at radius 1 is 1.14 bits per heavy atom. The number of nitrogens with one attached hydrogen (secondary N) is 1. The molecule has 4 heteroatoms. The molecule has 0 radical (unpaired) electrons. The number of rotatable bonds is 5. The molecule has 0 spiro atoms. The van der Waals surface area contributed by atoms with Gasteiger partial charge in [-0.1, -0.05) is 30.4 Å². The first kappa shape index (κ1) is 14.2. The Morgan fingerprint density at radius 2 is 2.00 bits per heavy atom. The summed E-state index contributed by atoms with van der Waals surface area (Å²) < 4.78 is 11.2. The standard InChI is InChI=1S/C18H18N2O2/c1-3-6-13-9-10-16(17(11-13)21-2)22-12-18-19-14-7-4-5-8-15(14)20-18/h3-11H,12H2,1-2H3,(H,19,20)/b6-3+. The Kier molecular flexibility index (Phi) is 4.10. The average molecular weight is 294 g/mol. The highest BCUT2D eigenvalue weighted by atomic mass is 16.5. The van der Waals surface area contributed by atoms with E-state index < -0.39 is 0 Å². The van der Waals surface area contributed by atoms with Crippen molar-refractivity contribution >= 4 is 17.1 Å². The molecule has 0 aliphatic rings. The second-order valence-electron chi connectivity index (χ2n) is 4.90. The number of aromatic nitrogens is 2. The largest absolute Gasteiger partial charge is 0.493 e. The minimum absolute atomic E-state index is 0.369. The Hall–Kier alpha value is -2.75. The fourth-order valence-corrected chi connectivity index (χ4v) is 2.32. The van der Waals surface area contributed by atoms with Crippen molar-refractivity contribution in [2.75, 3.05) is 7.11 Å². The average Bonchev–Trinajstić information content (AvgIpc) is 2.96. The molecule has 0 saturated carbocycles. The summed E-state index contributed by atoms with van der Waals surface area (Å²) in [4.78, 5) is 7.74. The third kappa shape index (κ3) is 2.96. The van der Waals surface area contributed by atoms with Crippen LogP contribution in [0.5, 0.6) is 11.5 Å². The van der Waals surface area contributed by atoms with Crippen LogP contribution in [-0.4, -0.2) is 17.1 Å². The SMILES string of the molecule is C/C=C/c1ccc(OCc2nc3ccccc3[nH]2)c(OC)c1. The van der Waals surface area contributed by atoms with Gasteiger partial charge in [0, 0.05) is 0 Å². The van der Waals surface area contributed by atoms with Crippen LogP contribution in [0.4, 0.5) is 0 Å². The first-order chi connectivity index (χ1) is 10.8. The van der Waals surface area contributed by atoms with E-state index in [-0.39, 0.29) is 0 Å². The number of ether oxygens (including phenoxy) is 2. The Labute approximate surface area is 129 Å². The summed E-state index contributed by atoms with van der Waals surface area (Å²) in [6.45, 7) is 2.35. The second kappa shape index (κ2) is 6.35. The van der Waals surface area contributed by atoms with Crippen LogP contribution in [0.25, 0.3) is 17.1 Å². The number of allylic oxidation sites excluding steroid dienone is 1. The van der Waals surface area contributed by atoms with Gasteiger partial charge in [-0.15, -0.1) is 0 Å². The number of imidazole rings is 1. The summed E-state index contributed by atoms with van der Waals surface area (Å²) in [6.07, 6.45) is 4.01. The molecule has 112 valence electrons. The van der Waals surface area contributed by atoms with Crippen molar-refractivity contribution in [3.8, 4) is 11.5 Å². The first-order valence-corrected chi connectivity index (χ1v) is 7.17. The van der Waals surface area contributed by atoms with E-state index in [2.05, 4.69) is 9.97 Å². The number of aromatic amines is 1. The van der Waals surface area contributed by atoms with Gasteiger partial charge in [-0.3, -0.25) is 0 Å². The summed E-state index contributed by atoms with van der Waals surface area (Å²) in [5.41, 5.74) is 3.03. The summed E-state index contributed by atoms with van der Waals surface area (Å²) >= 11 is 0. The maximum atomic E-state index is 5.83. The summed E-state index contributed by atoms with van der Waals surface area (Å²) in [6, 6.07) is 13.8. The zero-order chi connectivity index (χ0) is 15.4. The lowest BCUT2D eigenvalue weighted by atomic mass is 10.2. The second-order valence-corrected chi connectivity index (χ2v) is 4.90. The number of methoxy groups -OCH3 is 1. The number of hydrogen-bond donors (Lipinski definition) is 1. The van der Waals surface area contributed by atoms with E-state index in [1.807, 2.05) is 61.5 Å². The van der Waals surface area contributed by atoms with E-state index in [1.165, 1.54) is 0 Å². The fraction of sp³-hybridized carbons (Fsp3) is 0.167. The molecule has 22 heavy (non-hydrogen) atoms. The van der Waals surface area contributed by atoms with Crippen molar-refractivity contribution < 1.29 is 9.47 Å². The number of para-hydroxylation sites is 2. The van der Waals surface area contributed by atoms with Crippen molar-refractivity contribution in [1.82, 2.24) is 9.97 Å². The van der Waals surface area contributed by atoms with Gasteiger partial charge in [0.15, 0.2) is 11.5 Å². The molecule has 1 aromatic heterocycles. The quantitative estimate of drug-likeness (QED) is 0.767. The van der Waals surface area contributed by atoms with Gasteiger partial charge in [0.25, 0.3) is 0 Å². The molecule has 3 aromatic rings. The van der Waals surface area contributed by atoms with Crippen LogP contribution in [0.2, 0.25) is 0 Å². The maximum absolute atomic E-state index is 5.83. The monoisotopic (exact) mass is 294 g/mol. The highest BCUT2D eigenvalue weighted by Crippen LogP contribution is 2.29. The van der Waals surface area contributed by atoms with Crippen LogP contribution in [0, 0.1) is 0 Å². The molecule has 4 nitrogen and oxygen atoms in total. The van der Waals surface area contributed by atoms with Crippen molar-refractivity contribution in [3.05, 3.63) is 59.9 Å². The molecule has 0 bridgehead atoms. The molecule has 1 N–H and O–H groups in total. The lowest BCUT2D eigenvalue weighted by Gasteiger charge is -2.10. The highest BCUT2D eigenvalue weighted by molar-refractivity contribution is 5.74. The van der Waals surface area contributed by atoms with Gasteiger partial charge in [-0.05, 0) is 36.8 Å². The van der Waals surface area contributed by atoms with Crippen LogP contribution in [0.3, 0.4) is 0 Å². The molecule has 0 saturated heterocycles. The number of nitrogens with zero attached hydrogens (tertiary/aromatic N) is 1. The molecule has 2 aromatic carbocycles. The predicted molar refractivity (Wildman–Crippen MR) is 88.1 cm³/mol. The third-order valence-electron chi connectivity index (χ3n) is 3.35. The van der Waals surface area contributed by atoms with Crippen molar-refractivity contribution in [2.45, 2.75) is 13.5 Å². The highest BCUT2D eigenvalue weighted by Gasteiger charge is 2.07. The van der Waals surface area contributed by atoms with Crippen LogP contribution in [-0.2, 0) is 6.61 Å². The van der Waals surface area contributed by atoms with E-state index in [0.717, 1.165) is 22.4 Å². The lowest BCUT2D eigenvalue weighted by Crippen LogP contribution is -1.99. The fourth-order valence-electron chi connectivity index (χ4n) is 2.32. The molecule has 1 heterocycles. The summed E-state index contributed by atoms with van der Waals surface area (Å²) in [5.74, 6) is 2.21. The van der Waals surface area contributed by atoms with Crippen LogP contribution in [0.1, 0.15) is 18.3 Å². The zero-order valence-electron chi connectivity index (χ0n) is 12.7. The van der Waals surface area contributed by atoms with Crippen molar-refractivity contribution in [3.63, 3.8) is 0 Å². The molecular weight excluding hydrogens is 276 g/mol. The molecule has 0 amide bonds. The van der Waals surface area contributed by atoms with Crippen LogP contribution < -0.4 is 9.47 Å². The zero-order valence-corrected chi connectivity index (χ0v) is 12.7. The minimum Gasteiger partial charge on any atom is -0.493 e. The molecule has 3 rings (SSSR count). The van der Waals surface area contributed by atoms with Gasteiger partial charge < -0.3 is 14.5 Å². The number of benzene rings is 2. The number of H-pyrrole nitrogens is 1. The molecule has 0 aliphatic heterocycles. The van der Waals surface area contributed by atoms with E-state index in [4.69, 9.17) is 9.47 Å². The van der Waals surface area contributed by atoms with E-state index in [0.29, 0.717) is 18.1 Å². The smallest absolute Gasteiger partial charge is 0.161 e. The minimum atomic E-state index is 0.369. The van der Waals surface area contributed by atoms with E-state index >= 15 is 0 Å². The molecular formula is C18H18N2O2. The van der Waals surface area contributed by atoms with E-state index in [1.54, 1.807) is 7.11 Å². The van der Waals surface area contributed by atoms with E-state index in [9.17, 15) is 0 Å². The van der Waals surface area contributed by atoms with Gasteiger partial charge in [0.05, 0.1) is 18.1 Å². The van der Waals surface area contributed by atoms with Gasteiger partial charge in [-0.2, -0.15) is 0 Å². The van der Waals surface area contributed by atoms with Crippen LogP contribution in [0.15, 0.2) is 48.5 Å². The van der Waals surface area contributed by atoms with Gasteiger partial charge in [0.2, 0.25) is 0 Å². The summed E-state index contributed by atoms with van der Waals surface area (Å²) in [7, 11) is 1.64. The maximum Gasteiger partial charge on any atom is 0.161 e. The predicted octanol–water partition coefficient (Wildman–Crippen LogP) is 4.18. The molecule has 0 atom stereocenters. The number of hydrogen-bond acceptors (Lipinski definition) is 3. The van der Waals surface area contributed by atoms with Gasteiger partial charge in [-0.25, -0.2) is 4.98 Å². The van der Waals surface area contributed by atoms with Crippen LogP contribution >= 0.6 is 0 Å². The Morgan fingerprint density at radius 3 is 2.77 bits per heavy atom. The number of fused-ring (bicyclic) bond motifs is 1. The first-order valence-electron chi connectivity index (χ1n) is 7.17. The third-order valence-corrected chi connectivity index (χ3v) is 3.35. The van der Waals surface area contributed by atoms with Gasteiger partial charge in [0.1, 0.15) is 12.4 Å². The van der Waals surface area contributed by atoms with Crippen molar-refractivity contribution in [2.24, 2.45) is 0 Å². The molecule has 0 unspecified atom stereocenters. The Bertz CT molecular complexity index is 773. The van der Waals surface area contributed by atoms with Crippen molar-refractivity contribution in [1.29, 1.82) is 0 Å². The molecule has 0 fully saturated rings. The lowest BCUT2D eigenvalue weighted by molar-refractivity contribution is 0.277.